The van der Waals surface area contributed by atoms with E-state index in [0.717, 1.165) is 24.0 Å². The summed E-state index contributed by atoms with van der Waals surface area (Å²) < 4.78 is 0. The summed E-state index contributed by atoms with van der Waals surface area (Å²) in [6, 6.07) is 7.04. The Hall–Kier alpha value is -1.57. The monoisotopic (exact) mass is 256 g/mol. The molecule has 2 aliphatic carbocycles. The van der Waals surface area contributed by atoms with Crippen LogP contribution in [0.25, 0.3) is 6.08 Å². The van der Waals surface area contributed by atoms with Crippen LogP contribution >= 0.6 is 0 Å². The lowest BCUT2D eigenvalue weighted by Gasteiger charge is -2.31. The molecule has 2 bridgehead atoms. The van der Waals surface area contributed by atoms with Gasteiger partial charge in [0.05, 0.1) is 0 Å². The van der Waals surface area contributed by atoms with Crippen LogP contribution in [0.15, 0.2) is 29.8 Å². The number of hydrogen-bond donors (Lipinski definition) is 1. The van der Waals surface area contributed by atoms with E-state index in [9.17, 15) is 9.90 Å². The lowest BCUT2D eigenvalue weighted by Crippen LogP contribution is -2.32. The molecule has 3 rings (SSSR count). The maximum atomic E-state index is 12.7. The van der Waals surface area contributed by atoms with Gasteiger partial charge in [-0.1, -0.05) is 32.9 Å². The number of rotatable bonds is 1. The molecule has 0 spiro atoms. The highest BCUT2D eigenvalue weighted by atomic mass is 16.3. The van der Waals surface area contributed by atoms with Gasteiger partial charge in [-0.15, -0.1) is 0 Å². The van der Waals surface area contributed by atoms with E-state index in [-0.39, 0.29) is 16.6 Å². The molecular formula is C17H20O2. The van der Waals surface area contributed by atoms with Gasteiger partial charge in [0.1, 0.15) is 5.75 Å². The molecule has 2 nitrogen and oxygen atoms in total. The summed E-state index contributed by atoms with van der Waals surface area (Å²) in [5.74, 6) is 0.953. The number of allylic oxidation sites excluding steroid dienone is 1. The van der Waals surface area contributed by atoms with Crippen molar-refractivity contribution in [3.63, 3.8) is 0 Å². The smallest absolute Gasteiger partial charge is 0.165 e. The number of aromatic hydroxyl groups is 1. The van der Waals surface area contributed by atoms with Crippen LogP contribution in [0, 0.1) is 16.7 Å². The number of benzene rings is 1. The fourth-order valence-electron chi connectivity index (χ4n) is 3.84. The van der Waals surface area contributed by atoms with Crippen LogP contribution in [0.4, 0.5) is 0 Å². The summed E-state index contributed by atoms with van der Waals surface area (Å²) in [4.78, 5) is 12.7. The lowest BCUT2D eigenvalue weighted by atomic mass is 9.70. The van der Waals surface area contributed by atoms with Crippen LogP contribution in [-0.4, -0.2) is 10.9 Å². The number of Topliss-reactive ketones (excluding diaryl/α,β-unsaturated/α-hetero) is 1. The zero-order valence-electron chi connectivity index (χ0n) is 11.7. The van der Waals surface area contributed by atoms with Gasteiger partial charge in [-0.05, 0) is 53.5 Å². The summed E-state index contributed by atoms with van der Waals surface area (Å²) in [7, 11) is 0. The standard InChI is InChI=1S/C17H20O2/c1-16(2)14-8-9-17(16,3)15(19)13(14)10-11-4-6-12(18)7-5-11/h4-7,10,14,18H,8-9H2,1-3H3/b13-10+. The van der Waals surface area contributed by atoms with E-state index in [4.69, 9.17) is 0 Å². The molecule has 0 radical (unpaired) electrons. The molecule has 2 heteroatoms. The molecule has 2 unspecified atom stereocenters. The van der Waals surface area contributed by atoms with Crippen LogP contribution in [0.1, 0.15) is 39.2 Å². The van der Waals surface area contributed by atoms with Crippen molar-refractivity contribution >= 4 is 11.9 Å². The Labute approximate surface area is 114 Å². The molecule has 0 saturated heterocycles. The topological polar surface area (TPSA) is 37.3 Å². The first-order chi connectivity index (χ1) is 8.86. The minimum atomic E-state index is -0.194. The second-order valence-corrected chi connectivity index (χ2v) is 6.67. The van der Waals surface area contributed by atoms with Crippen LogP contribution in [0.5, 0.6) is 5.75 Å². The summed E-state index contributed by atoms with van der Waals surface area (Å²) in [5, 5.41) is 9.31. The van der Waals surface area contributed by atoms with Gasteiger partial charge in [-0.25, -0.2) is 0 Å². The Morgan fingerprint density at radius 1 is 1.21 bits per heavy atom. The Balaban J connectivity index is 2.04. The average molecular weight is 256 g/mol. The molecule has 0 aliphatic heterocycles. The maximum absolute atomic E-state index is 12.7. The fraction of sp³-hybridized carbons (Fsp3) is 0.471. The first-order valence-corrected chi connectivity index (χ1v) is 6.92. The highest BCUT2D eigenvalue weighted by Gasteiger charge is 2.63. The van der Waals surface area contributed by atoms with E-state index in [2.05, 4.69) is 20.8 Å². The summed E-state index contributed by atoms with van der Waals surface area (Å²) in [6.07, 6.45) is 4.13. The Bertz CT molecular complexity index is 565. The highest BCUT2D eigenvalue weighted by Crippen LogP contribution is 2.65. The molecule has 100 valence electrons. The number of carbonyl (C=O) groups excluding carboxylic acids is 1. The Morgan fingerprint density at radius 3 is 2.37 bits per heavy atom. The van der Waals surface area contributed by atoms with Gasteiger partial charge in [0.15, 0.2) is 5.78 Å². The van der Waals surface area contributed by atoms with E-state index < -0.39 is 0 Å². The van der Waals surface area contributed by atoms with Crippen molar-refractivity contribution in [1.29, 1.82) is 0 Å². The van der Waals surface area contributed by atoms with Crippen molar-refractivity contribution in [3.05, 3.63) is 35.4 Å². The molecular weight excluding hydrogens is 236 g/mol. The van der Waals surface area contributed by atoms with Crippen LogP contribution in [0.3, 0.4) is 0 Å². The molecule has 1 aromatic carbocycles. The molecule has 2 atom stereocenters. The number of fused-ring (bicyclic) bond motifs is 2. The van der Waals surface area contributed by atoms with Crippen molar-refractivity contribution in [1.82, 2.24) is 0 Å². The summed E-state index contributed by atoms with van der Waals surface area (Å²) in [6.45, 7) is 6.56. The number of carbonyl (C=O) groups is 1. The number of phenols is 1. The molecule has 0 amide bonds. The van der Waals surface area contributed by atoms with Gasteiger partial charge in [0.2, 0.25) is 0 Å². The number of hydrogen-bond acceptors (Lipinski definition) is 2. The van der Waals surface area contributed by atoms with Gasteiger partial charge in [-0.3, -0.25) is 4.79 Å². The van der Waals surface area contributed by atoms with Crippen LogP contribution < -0.4 is 0 Å². The normalized spacial score (nSPS) is 34.2. The zero-order chi connectivity index (χ0) is 13.8. The minimum Gasteiger partial charge on any atom is -0.508 e. The second-order valence-electron chi connectivity index (χ2n) is 6.67. The van der Waals surface area contributed by atoms with E-state index in [1.54, 1.807) is 12.1 Å². The zero-order valence-corrected chi connectivity index (χ0v) is 11.7. The van der Waals surface area contributed by atoms with Crippen molar-refractivity contribution in [2.75, 3.05) is 0 Å². The maximum Gasteiger partial charge on any atom is 0.165 e. The van der Waals surface area contributed by atoms with Crippen molar-refractivity contribution in [2.24, 2.45) is 16.7 Å². The van der Waals surface area contributed by atoms with Gasteiger partial charge in [0.25, 0.3) is 0 Å². The lowest BCUT2D eigenvalue weighted by molar-refractivity contribution is -0.125. The Morgan fingerprint density at radius 2 is 1.84 bits per heavy atom. The number of ketones is 1. The minimum absolute atomic E-state index is 0.0623. The predicted octanol–water partition coefficient (Wildman–Crippen LogP) is 3.80. The van der Waals surface area contributed by atoms with Gasteiger partial charge >= 0.3 is 0 Å². The van der Waals surface area contributed by atoms with E-state index in [0.29, 0.717) is 11.7 Å². The predicted molar refractivity (Wildman–Crippen MR) is 75.7 cm³/mol. The van der Waals surface area contributed by atoms with E-state index in [1.165, 1.54) is 0 Å². The highest BCUT2D eigenvalue weighted by molar-refractivity contribution is 6.07. The van der Waals surface area contributed by atoms with Gasteiger partial charge in [0, 0.05) is 5.41 Å². The fourth-order valence-corrected chi connectivity index (χ4v) is 3.84. The molecule has 1 aromatic rings. The molecule has 0 aromatic heterocycles. The first kappa shape index (κ1) is 12.5. The summed E-state index contributed by atoms with van der Waals surface area (Å²) in [5.41, 5.74) is 1.84. The molecule has 2 fully saturated rings. The molecule has 0 heterocycles. The van der Waals surface area contributed by atoms with Crippen LogP contribution in [-0.2, 0) is 4.79 Å². The SMILES string of the molecule is CC12CCC(/C(=C\c3ccc(O)cc3)C1=O)C2(C)C. The second kappa shape index (κ2) is 3.72. The molecule has 2 aliphatic rings. The van der Waals surface area contributed by atoms with Gasteiger partial charge < -0.3 is 5.11 Å². The Kier molecular flexibility index (Phi) is 2.44. The quantitative estimate of drug-likeness (QED) is 0.776. The van der Waals surface area contributed by atoms with Crippen molar-refractivity contribution in [2.45, 2.75) is 33.6 Å². The third-order valence-electron chi connectivity index (χ3n) is 5.58. The third kappa shape index (κ3) is 1.52. The third-order valence-corrected chi connectivity index (χ3v) is 5.58. The average Bonchev–Trinajstić information content (AvgIpc) is 2.66. The van der Waals surface area contributed by atoms with Crippen LogP contribution in [0.2, 0.25) is 0 Å². The van der Waals surface area contributed by atoms with E-state index >= 15 is 0 Å². The first-order valence-electron chi connectivity index (χ1n) is 6.92. The van der Waals surface area contributed by atoms with E-state index in [1.807, 2.05) is 18.2 Å². The van der Waals surface area contributed by atoms with Gasteiger partial charge in [-0.2, -0.15) is 0 Å². The largest absolute Gasteiger partial charge is 0.508 e. The number of phenolic OH excluding ortho intramolecular Hbond substituents is 1. The van der Waals surface area contributed by atoms with Crippen molar-refractivity contribution < 1.29 is 9.90 Å². The van der Waals surface area contributed by atoms with Crippen molar-refractivity contribution in [3.8, 4) is 5.75 Å². The summed E-state index contributed by atoms with van der Waals surface area (Å²) >= 11 is 0. The molecule has 2 saturated carbocycles. The molecule has 1 N–H and O–H groups in total. The molecule has 19 heavy (non-hydrogen) atoms.